The molecule has 3 aromatic rings. The van der Waals surface area contributed by atoms with E-state index in [4.69, 9.17) is 4.74 Å². The van der Waals surface area contributed by atoms with Gasteiger partial charge < -0.3 is 10.1 Å². The predicted molar refractivity (Wildman–Crippen MR) is 90.7 cm³/mol. The maximum Gasteiger partial charge on any atom is 0.265 e. The van der Waals surface area contributed by atoms with Crippen LogP contribution in [-0.2, 0) is 0 Å². The Bertz CT molecular complexity index is 845. The molecule has 1 atom stereocenters. The molecule has 0 bridgehead atoms. The van der Waals surface area contributed by atoms with Gasteiger partial charge in [0.1, 0.15) is 16.4 Å². The van der Waals surface area contributed by atoms with Crippen molar-refractivity contribution >= 4 is 27.3 Å². The van der Waals surface area contributed by atoms with Gasteiger partial charge in [-0.25, -0.2) is 4.39 Å². The Morgan fingerprint density at radius 1 is 1.22 bits per heavy atom. The summed E-state index contributed by atoms with van der Waals surface area (Å²) >= 11 is 1.30. The lowest BCUT2D eigenvalue weighted by atomic mass is 10.1. The van der Waals surface area contributed by atoms with E-state index in [0.717, 1.165) is 10.3 Å². The third-order valence-electron chi connectivity index (χ3n) is 3.66. The van der Waals surface area contributed by atoms with Crippen molar-refractivity contribution in [2.45, 2.75) is 13.0 Å². The van der Waals surface area contributed by atoms with Gasteiger partial charge in [-0.2, -0.15) is 0 Å². The Morgan fingerprint density at radius 2 is 1.96 bits per heavy atom. The molecule has 23 heavy (non-hydrogen) atoms. The highest BCUT2D eigenvalue weighted by Crippen LogP contribution is 2.38. The van der Waals surface area contributed by atoms with E-state index in [-0.39, 0.29) is 17.8 Å². The molecule has 0 spiro atoms. The molecule has 0 aliphatic carbocycles. The molecule has 1 amide bonds. The number of halogens is 1. The zero-order valence-corrected chi connectivity index (χ0v) is 13.6. The molecule has 1 heterocycles. The molecule has 1 aromatic heterocycles. The number of carbonyl (C=O) groups excluding carboxylic acids is 1. The van der Waals surface area contributed by atoms with Crippen molar-refractivity contribution in [3.8, 4) is 5.75 Å². The normalized spacial score (nSPS) is 12.1. The quantitative estimate of drug-likeness (QED) is 0.763. The van der Waals surface area contributed by atoms with E-state index in [2.05, 4.69) is 5.32 Å². The van der Waals surface area contributed by atoms with Crippen molar-refractivity contribution in [3.63, 3.8) is 0 Å². The van der Waals surface area contributed by atoms with Crippen LogP contribution < -0.4 is 10.1 Å². The molecule has 2 aromatic carbocycles. The van der Waals surface area contributed by atoms with Crippen LogP contribution in [-0.4, -0.2) is 13.0 Å². The molecule has 0 fully saturated rings. The minimum atomic E-state index is -0.349. The first kappa shape index (κ1) is 15.5. The van der Waals surface area contributed by atoms with E-state index in [9.17, 15) is 9.18 Å². The third kappa shape index (κ3) is 3.05. The zero-order chi connectivity index (χ0) is 16.4. The molecular weight excluding hydrogens is 313 g/mol. The number of fused-ring (bicyclic) bond motifs is 1. The summed E-state index contributed by atoms with van der Waals surface area (Å²) in [5.41, 5.74) is 1.02. The molecule has 0 unspecified atom stereocenters. The van der Waals surface area contributed by atoms with Crippen molar-refractivity contribution in [1.82, 2.24) is 5.32 Å². The van der Waals surface area contributed by atoms with E-state index >= 15 is 0 Å². The summed E-state index contributed by atoms with van der Waals surface area (Å²) < 4.78 is 19.6. The fourth-order valence-corrected chi connectivity index (χ4v) is 3.54. The van der Waals surface area contributed by atoms with Gasteiger partial charge in [-0.3, -0.25) is 4.79 Å². The van der Waals surface area contributed by atoms with Crippen LogP contribution in [0.1, 0.15) is 28.2 Å². The SMILES string of the molecule is COc1c(C(=O)N[C@H](C)c2ccccc2)sc2ccc(F)cc12. The molecule has 0 saturated carbocycles. The lowest BCUT2D eigenvalue weighted by Gasteiger charge is -2.14. The smallest absolute Gasteiger partial charge is 0.265 e. The summed E-state index contributed by atoms with van der Waals surface area (Å²) in [6.07, 6.45) is 0. The molecule has 0 aliphatic rings. The highest BCUT2D eigenvalue weighted by Gasteiger charge is 2.21. The van der Waals surface area contributed by atoms with Gasteiger partial charge in [-0.05, 0) is 30.7 Å². The predicted octanol–water partition coefficient (Wildman–Crippen LogP) is 4.54. The van der Waals surface area contributed by atoms with E-state index in [1.807, 2.05) is 37.3 Å². The molecule has 1 N–H and O–H groups in total. The highest BCUT2D eigenvalue weighted by atomic mass is 32.1. The second kappa shape index (κ2) is 6.38. The fraction of sp³-hybridized carbons (Fsp3) is 0.167. The van der Waals surface area contributed by atoms with Crippen molar-refractivity contribution in [1.29, 1.82) is 0 Å². The lowest BCUT2D eigenvalue weighted by Crippen LogP contribution is -2.26. The van der Waals surface area contributed by atoms with Gasteiger partial charge in [-0.15, -0.1) is 11.3 Å². The Labute approximate surface area is 137 Å². The van der Waals surface area contributed by atoms with Crippen LogP contribution in [0.4, 0.5) is 4.39 Å². The second-order valence-electron chi connectivity index (χ2n) is 5.21. The molecule has 3 rings (SSSR count). The largest absolute Gasteiger partial charge is 0.494 e. The van der Waals surface area contributed by atoms with Crippen LogP contribution in [0.15, 0.2) is 48.5 Å². The third-order valence-corrected chi connectivity index (χ3v) is 4.81. The molecule has 3 nitrogen and oxygen atoms in total. The van der Waals surface area contributed by atoms with Crippen molar-refractivity contribution < 1.29 is 13.9 Å². The Balaban J connectivity index is 1.92. The molecule has 5 heteroatoms. The summed E-state index contributed by atoms with van der Waals surface area (Å²) in [5.74, 6) is -0.153. The number of hydrogen-bond acceptors (Lipinski definition) is 3. The van der Waals surface area contributed by atoms with Gasteiger partial charge in [0.15, 0.2) is 0 Å². The van der Waals surface area contributed by atoms with Gasteiger partial charge in [-0.1, -0.05) is 30.3 Å². The summed E-state index contributed by atoms with van der Waals surface area (Å²) in [7, 11) is 1.49. The monoisotopic (exact) mass is 329 g/mol. The van der Waals surface area contributed by atoms with Gasteiger partial charge in [0.25, 0.3) is 5.91 Å². The maximum atomic E-state index is 13.4. The number of carbonyl (C=O) groups is 1. The Morgan fingerprint density at radius 3 is 2.65 bits per heavy atom. The van der Waals surface area contributed by atoms with E-state index in [1.54, 1.807) is 6.07 Å². The number of amides is 1. The van der Waals surface area contributed by atoms with Crippen molar-refractivity contribution in [2.24, 2.45) is 0 Å². The number of rotatable bonds is 4. The van der Waals surface area contributed by atoms with Gasteiger partial charge in [0, 0.05) is 10.1 Å². The minimum absolute atomic E-state index is 0.129. The average Bonchev–Trinajstić information content (AvgIpc) is 2.93. The molecule has 0 aliphatic heterocycles. The first-order chi connectivity index (χ1) is 11.1. The molecule has 0 saturated heterocycles. The average molecular weight is 329 g/mol. The fourth-order valence-electron chi connectivity index (χ4n) is 2.49. The van der Waals surface area contributed by atoms with E-state index in [1.165, 1.54) is 30.6 Å². The summed E-state index contributed by atoms with van der Waals surface area (Å²) in [6, 6.07) is 14.0. The number of ether oxygens (including phenoxy) is 1. The summed E-state index contributed by atoms with van der Waals surface area (Å²) in [4.78, 5) is 13.0. The van der Waals surface area contributed by atoms with E-state index < -0.39 is 0 Å². The van der Waals surface area contributed by atoms with E-state index in [0.29, 0.717) is 16.0 Å². The first-order valence-corrected chi connectivity index (χ1v) is 8.03. The van der Waals surface area contributed by atoms with Crippen LogP contribution >= 0.6 is 11.3 Å². The standard InChI is InChI=1S/C18H16FNO2S/c1-11(12-6-4-3-5-7-12)20-18(21)17-16(22-2)14-10-13(19)8-9-15(14)23-17/h3-11H,1-2H3,(H,20,21)/t11-/m1/s1. The zero-order valence-electron chi connectivity index (χ0n) is 12.8. The number of hydrogen-bond donors (Lipinski definition) is 1. The van der Waals surface area contributed by atoms with Crippen LogP contribution in [0.25, 0.3) is 10.1 Å². The number of thiophene rings is 1. The van der Waals surface area contributed by atoms with Gasteiger partial charge in [0.2, 0.25) is 0 Å². The summed E-state index contributed by atoms with van der Waals surface area (Å²) in [5, 5.41) is 3.58. The van der Waals surface area contributed by atoms with Crippen LogP contribution in [0.5, 0.6) is 5.75 Å². The molecular formula is C18H16FNO2S. The van der Waals surface area contributed by atoms with Crippen molar-refractivity contribution in [3.05, 3.63) is 64.8 Å². The maximum absolute atomic E-state index is 13.4. The minimum Gasteiger partial charge on any atom is -0.494 e. The highest BCUT2D eigenvalue weighted by molar-refractivity contribution is 7.21. The molecule has 0 radical (unpaired) electrons. The number of benzene rings is 2. The lowest BCUT2D eigenvalue weighted by molar-refractivity contribution is 0.0941. The number of nitrogens with one attached hydrogen (secondary N) is 1. The van der Waals surface area contributed by atoms with Crippen LogP contribution in [0, 0.1) is 5.82 Å². The summed E-state index contributed by atoms with van der Waals surface area (Å²) in [6.45, 7) is 1.92. The molecule has 118 valence electrons. The Hall–Kier alpha value is -2.40. The second-order valence-corrected chi connectivity index (χ2v) is 6.26. The Kier molecular flexibility index (Phi) is 4.30. The van der Waals surface area contributed by atoms with Crippen LogP contribution in [0.3, 0.4) is 0 Å². The van der Waals surface area contributed by atoms with Gasteiger partial charge >= 0.3 is 0 Å². The van der Waals surface area contributed by atoms with Crippen molar-refractivity contribution in [2.75, 3.05) is 7.11 Å². The first-order valence-electron chi connectivity index (χ1n) is 7.22. The number of methoxy groups -OCH3 is 1. The topological polar surface area (TPSA) is 38.3 Å². The van der Waals surface area contributed by atoms with Gasteiger partial charge in [0.05, 0.1) is 13.2 Å². The van der Waals surface area contributed by atoms with Crippen LogP contribution in [0.2, 0.25) is 0 Å².